The number of hydrogen-bond acceptors (Lipinski definition) is 5. The number of methoxy groups -OCH3 is 1. The van der Waals surface area contributed by atoms with Gasteiger partial charge in [-0.3, -0.25) is 4.79 Å². The molecule has 3 amide bonds. The van der Waals surface area contributed by atoms with Gasteiger partial charge in [0.05, 0.1) is 18.8 Å². The van der Waals surface area contributed by atoms with Crippen LogP contribution in [0.25, 0.3) is 0 Å². The number of hydrogen-bond donors (Lipinski definition) is 2. The standard InChI is InChI=1S/C20H20ClN3O5/c1-27-16-4-2-12(21)8-15(16)23-20(26)22-13-9-19(25)24(11-13)14-3-5-17-18(10-14)29-7-6-28-17/h2-5,8,10,13H,6-7,9,11H2,1H3,(H2,22,23,26). The lowest BCUT2D eigenvalue weighted by molar-refractivity contribution is -0.117. The smallest absolute Gasteiger partial charge is 0.319 e. The van der Waals surface area contributed by atoms with Gasteiger partial charge in [0, 0.05) is 29.7 Å². The van der Waals surface area contributed by atoms with Crippen molar-refractivity contribution >= 4 is 34.9 Å². The van der Waals surface area contributed by atoms with E-state index >= 15 is 0 Å². The van der Waals surface area contributed by atoms with Crippen molar-refractivity contribution in [2.24, 2.45) is 0 Å². The first-order valence-electron chi connectivity index (χ1n) is 9.14. The van der Waals surface area contributed by atoms with Gasteiger partial charge in [-0.2, -0.15) is 0 Å². The topological polar surface area (TPSA) is 89.1 Å². The van der Waals surface area contributed by atoms with Crippen molar-refractivity contribution in [2.75, 3.05) is 37.1 Å². The van der Waals surface area contributed by atoms with Gasteiger partial charge in [0.2, 0.25) is 5.91 Å². The van der Waals surface area contributed by atoms with E-state index < -0.39 is 6.03 Å². The highest BCUT2D eigenvalue weighted by Crippen LogP contribution is 2.35. The summed E-state index contributed by atoms with van der Waals surface area (Å²) in [4.78, 5) is 26.5. The third kappa shape index (κ3) is 4.17. The van der Waals surface area contributed by atoms with Gasteiger partial charge in [-0.25, -0.2) is 4.79 Å². The molecular weight excluding hydrogens is 398 g/mol. The largest absolute Gasteiger partial charge is 0.495 e. The lowest BCUT2D eigenvalue weighted by atomic mass is 10.2. The predicted octanol–water partition coefficient (Wildman–Crippen LogP) is 3.05. The number of rotatable bonds is 4. The fourth-order valence-electron chi connectivity index (χ4n) is 3.38. The lowest BCUT2D eigenvalue weighted by Gasteiger charge is -2.22. The highest BCUT2D eigenvalue weighted by molar-refractivity contribution is 6.31. The minimum atomic E-state index is -0.438. The normalized spacial score (nSPS) is 17.8. The Morgan fingerprint density at radius 2 is 1.97 bits per heavy atom. The fourth-order valence-corrected chi connectivity index (χ4v) is 3.55. The average Bonchev–Trinajstić information content (AvgIpc) is 3.07. The van der Waals surface area contributed by atoms with Crippen molar-refractivity contribution in [1.29, 1.82) is 0 Å². The Morgan fingerprint density at radius 1 is 1.17 bits per heavy atom. The summed E-state index contributed by atoms with van der Waals surface area (Å²) in [5.74, 6) is 1.69. The monoisotopic (exact) mass is 417 g/mol. The minimum absolute atomic E-state index is 0.0766. The molecule has 29 heavy (non-hydrogen) atoms. The zero-order chi connectivity index (χ0) is 20.4. The van der Waals surface area contributed by atoms with Crippen molar-refractivity contribution in [3.8, 4) is 17.2 Å². The van der Waals surface area contributed by atoms with Crippen LogP contribution in [0.4, 0.5) is 16.2 Å². The van der Waals surface area contributed by atoms with Crippen LogP contribution in [0.2, 0.25) is 5.02 Å². The summed E-state index contributed by atoms with van der Waals surface area (Å²) in [5.41, 5.74) is 1.16. The Morgan fingerprint density at radius 3 is 2.76 bits per heavy atom. The Bertz CT molecular complexity index is 952. The molecule has 2 aliphatic rings. The van der Waals surface area contributed by atoms with Crippen LogP contribution >= 0.6 is 11.6 Å². The number of carbonyl (C=O) groups is 2. The maximum Gasteiger partial charge on any atom is 0.319 e. The fraction of sp³-hybridized carbons (Fsp3) is 0.300. The van der Waals surface area contributed by atoms with Crippen LogP contribution in [0.5, 0.6) is 17.2 Å². The second kappa shape index (κ2) is 8.08. The van der Waals surface area contributed by atoms with E-state index in [1.54, 1.807) is 35.2 Å². The quantitative estimate of drug-likeness (QED) is 0.798. The van der Waals surface area contributed by atoms with E-state index in [2.05, 4.69) is 10.6 Å². The molecule has 9 heteroatoms. The van der Waals surface area contributed by atoms with Crippen molar-refractivity contribution in [3.63, 3.8) is 0 Å². The zero-order valence-corrected chi connectivity index (χ0v) is 16.5. The third-order valence-corrected chi connectivity index (χ3v) is 4.94. The number of anilines is 2. The van der Waals surface area contributed by atoms with E-state index in [4.69, 9.17) is 25.8 Å². The van der Waals surface area contributed by atoms with E-state index in [0.29, 0.717) is 53.4 Å². The first-order valence-corrected chi connectivity index (χ1v) is 9.52. The Balaban J connectivity index is 1.41. The van der Waals surface area contributed by atoms with Crippen LogP contribution in [0.3, 0.4) is 0 Å². The van der Waals surface area contributed by atoms with Gasteiger partial charge in [0.1, 0.15) is 19.0 Å². The van der Waals surface area contributed by atoms with Gasteiger partial charge >= 0.3 is 6.03 Å². The molecule has 0 bridgehead atoms. The molecule has 1 atom stereocenters. The van der Waals surface area contributed by atoms with E-state index in [1.165, 1.54) is 7.11 Å². The highest BCUT2D eigenvalue weighted by Gasteiger charge is 2.32. The molecular formula is C20H20ClN3O5. The SMILES string of the molecule is COc1ccc(Cl)cc1NC(=O)NC1CC(=O)N(c2ccc3c(c2)OCCO3)C1. The molecule has 2 aromatic rings. The first-order chi connectivity index (χ1) is 14.0. The molecule has 8 nitrogen and oxygen atoms in total. The maximum atomic E-state index is 12.5. The molecule has 2 N–H and O–H groups in total. The summed E-state index contributed by atoms with van der Waals surface area (Å²) >= 11 is 5.99. The summed E-state index contributed by atoms with van der Waals surface area (Å²) in [7, 11) is 1.51. The lowest BCUT2D eigenvalue weighted by Crippen LogP contribution is -2.39. The molecule has 0 saturated carbocycles. The van der Waals surface area contributed by atoms with Crippen molar-refractivity contribution < 1.29 is 23.8 Å². The highest BCUT2D eigenvalue weighted by atomic mass is 35.5. The van der Waals surface area contributed by atoms with Crippen molar-refractivity contribution in [3.05, 3.63) is 41.4 Å². The van der Waals surface area contributed by atoms with Crippen molar-refractivity contribution in [2.45, 2.75) is 12.5 Å². The van der Waals surface area contributed by atoms with E-state index in [-0.39, 0.29) is 18.4 Å². The molecule has 2 heterocycles. The molecule has 0 aliphatic carbocycles. The van der Waals surface area contributed by atoms with Gasteiger partial charge in [0.25, 0.3) is 0 Å². The number of ether oxygens (including phenoxy) is 3. The molecule has 1 unspecified atom stereocenters. The van der Waals surface area contributed by atoms with Crippen LogP contribution < -0.4 is 29.7 Å². The maximum absolute atomic E-state index is 12.5. The molecule has 0 spiro atoms. The second-order valence-corrected chi connectivity index (χ2v) is 7.11. The molecule has 1 saturated heterocycles. The first kappa shape index (κ1) is 19.2. The minimum Gasteiger partial charge on any atom is -0.495 e. The predicted molar refractivity (Wildman–Crippen MR) is 108 cm³/mol. The van der Waals surface area contributed by atoms with Crippen LogP contribution in [0, 0.1) is 0 Å². The summed E-state index contributed by atoms with van der Waals surface area (Å²) in [6.45, 7) is 1.34. The van der Waals surface area contributed by atoms with E-state index in [1.807, 2.05) is 6.07 Å². The molecule has 0 aromatic heterocycles. The molecule has 2 aromatic carbocycles. The average molecular weight is 418 g/mol. The zero-order valence-electron chi connectivity index (χ0n) is 15.7. The molecule has 1 fully saturated rings. The Kier molecular flexibility index (Phi) is 5.35. The van der Waals surface area contributed by atoms with Gasteiger partial charge in [-0.1, -0.05) is 11.6 Å². The molecule has 0 radical (unpaired) electrons. The Hall–Kier alpha value is -3.13. The summed E-state index contributed by atoms with van der Waals surface area (Å²) in [6.07, 6.45) is 0.203. The third-order valence-electron chi connectivity index (χ3n) is 4.71. The Labute approximate surface area is 172 Å². The van der Waals surface area contributed by atoms with Crippen LogP contribution in [-0.4, -0.2) is 44.8 Å². The van der Waals surface area contributed by atoms with Gasteiger partial charge in [0.15, 0.2) is 11.5 Å². The number of carbonyl (C=O) groups excluding carboxylic acids is 2. The van der Waals surface area contributed by atoms with Gasteiger partial charge in [-0.05, 0) is 30.3 Å². The van der Waals surface area contributed by atoms with E-state index in [0.717, 1.165) is 0 Å². The van der Waals surface area contributed by atoms with E-state index in [9.17, 15) is 9.59 Å². The van der Waals surface area contributed by atoms with Crippen LogP contribution in [0.1, 0.15) is 6.42 Å². The number of urea groups is 1. The molecule has 2 aliphatic heterocycles. The summed E-state index contributed by atoms with van der Waals surface area (Å²) < 4.78 is 16.3. The van der Waals surface area contributed by atoms with Crippen LogP contribution in [0.15, 0.2) is 36.4 Å². The number of benzene rings is 2. The number of fused-ring (bicyclic) bond motifs is 1. The number of nitrogens with one attached hydrogen (secondary N) is 2. The molecule has 4 rings (SSSR count). The van der Waals surface area contributed by atoms with Gasteiger partial charge in [-0.15, -0.1) is 0 Å². The van der Waals surface area contributed by atoms with Crippen LogP contribution in [-0.2, 0) is 4.79 Å². The number of amides is 3. The summed E-state index contributed by atoms with van der Waals surface area (Å²) in [6, 6.07) is 9.55. The molecule has 152 valence electrons. The number of nitrogens with zero attached hydrogens (tertiary/aromatic N) is 1. The second-order valence-electron chi connectivity index (χ2n) is 6.68. The number of halogens is 1. The van der Waals surface area contributed by atoms with Crippen molar-refractivity contribution in [1.82, 2.24) is 5.32 Å². The summed E-state index contributed by atoms with van der Waals surface area (Å²) in [5, 5.41) is 6.01. The van der Waals surface area contributed by atoms with Gasteiger partial charge < -0.3 is 29.7 Å².